The Balaban J connectivity index is 1.91. The normalized spacial score (nSPS) is 12.5. The van der Waals surface area contributed by atoms with Gasteiger partial charge in [0.1, 0.15) is 12.1 Å². The number of anilines is 1. The highest BCUT2D eigenvalue weighted by molar-refractivity contribution is 6.30. The first-order valence-corrected chi connectivity index (χ1v) is 7.72. The molecule has 22 heavy (non-hydrogen) atoms. The first kappa shape index (κ1) is 14.8. The molecule has 114 valence electrons. The molecule has 0 aliphatic heterocycles. The number of hydrogen-bond donors (Lipinski definition) is 1. The number of aromatic nitrogens is 4. The van der Waals surface area contributed by atoms with E-state index >= 15 is 0 Å². The topological polar surface area (TPSA) is 55.6 Å². The van der Waals surface area contributed by atoms with Gasteiger partial charge < -0.3 is 5.32 Å². The molecule has 6 heteroatoms. The van der Waals surface area contributed by atoms with Crippen molar-refractivity contribution in [2.24, 2.45) is 0 Å². The first-order chi connectivity index (χ1) is 10.7. The Kier molecular flexibility index (Phi) is 4.24. The van der Waals surface area contributed by atoms with Gasteiger partial charge in [-0.2, -0.15) is 5.10 Å². The van der Waals surface area contributed by atoms with Gasteiger partial charge in [-0.05, 0) is 31.0 Å². The number of nitrogens with one attached hydrogen (secondary N) is 1. The van der Waals surface area contributed by atoms with E-state index in [0.29, 0.717) is 12.6 Å². The highest BCUT2D eigenvalue weighted by Crippen LogP contribution is 2.21. The zero-order valence-electron chi connectivity index (χ0n) is 12.6. The van der Waals surface area contributed by atoms with Gasteiger partial charge in [0.15, 0.2) is 5.65 Å². The number of nitrogens with zero attached hydrogens (tertiary/aromatic N) is 4. The minimum atomic E-state index is 0.359. The van der Waals surface area contributed by atoms with Crippen molar-refractivity contribution in [3.63, 3.8) is 0 Å². The molecular formula is C16H18ClN5. The van der Waals surface area contributed by atoms with Gasteiger partial charge in [-0.15, -0.1) is 0 Å². The molecule has 3 rings (SSSR count). The third-order valence-electron chi connectivity index (χ3n) is 3.67. The maximum absolute atomic E-state index is 5.92. The summed E-state index contributed by atoms with van der Waals surface area (Å²) in [5, 5.41) is 9.52. The Bertz CT molecular complexity index is 766. The van der Waals surface area contributed by atoms with Crippen molar-refractivity contribution in [2.75, 3.05) is 5.32 Å². The summed E-state index contributed by atoms with van der Waals surface area (Å²) in [4.78, 5) is 8.71. The molecule has 2 heterocycles. The van der Waals surface area contributed by atoms with Gasteiger partial charge in [-0.3, -0.25) is 0 Å². The molecule has 2 aromatic heterocycles. The fourth-order valence-corrected chi connectivity index (χ4v) is 2.35. The molecule has 0 amide bonds. The van der Waals surface area contributed by atoms with E-state index in [9.17, 15) is 0 Å². The molecule has 0 aliphatic rings. The molecule has 5 nitrogen and oxygen atoms in total. The van der Waals surface area contributed by atoms with E-state index in [1.54, 1.807) is 6.33 Å². The summed E-state index contributed by atoms with van der Waals surface area (Å²) < 4.78 is 1.88. The van der Waals surface area contributed by atoms with Crippen molar-refractivity contribution in [1.29, 1.82) is 0 Å². The monoisotopic (exact) mass is 315 g/mol. The summed E-state index contributed by atoms with van der Waals surface area (Å²) in [6.07, 6.45) is 4.42. The van der Waals surface area contributed by atoms with Crippen LogP contribution >= 0.6 is 11.6 Å². The van der Waals surface area contributed by atoms with Gasteiger partial charge in [-0.25, -0.2) is 14.6 Å². The average Bonchev–Trinajstić information content (AvgIpc) is 2.94. The summed E-state index contributed by atoms with van der Waals surface area (Å²) in [5.74, 6) is 0.835. The maximum atomic E-state index is 5.92. The number of halogens is 1. The third-order valence-corrected chi connectivity index (χ3v) is 3.93. The molecule has 1 aromatic carbocycles. The Morgan fingerprint density at radius 2 is 2.00 bits per heavy atom. The molecule has 1 atom stereocenters. The first-order valence-electron chi connectivity index (χ1n) is 7.35. The predicted octanol–water partition coefficient (Wildman–Crippen LogP) is 3.74. The average molecular weight is 316 g/mol. The van der Waals surface area contributed by atoms with Crippen LogP contribution in [0.1, 0.15) is 25.8 Å². The van der Waals surface area contributed by atoms with Gasteiger partial charge >= 0.3 is 0 Å². The quantitative estimate of drug-likeness (QED) is 0.779. The predicted molar refractivity (Wildman–Crippen MR) is 89.3 cm³/mol. The van der Waals surface area contributed by atoms with Gasteiger partial charge in [-0.1, -0.05) is 30.7 Å². The largest absolute Gasteiger partial charge is 0.367 e. The molecule has 0 aliphatic carbocycles. The Labute approximate surface area is 134 Å². The van der Waals surface area contributed by atoms with Crippen molar-refractivity contribution < 1.29 is 0 Å². The van der Waals surface area contributed by atoms with Crippen molar-refractivity contribution in [2.45, 2.75) is 32.9 Å². The van der Waals surface area contributed by atoms with Crippen molar-refractivity contribution >= 4 is 28.5 Å². The zero-order chi connectivity index (χ0) is 15.5. The van der Waals surface area contributed by atoms with Crippen LogP contribution in [0.3, 0.4) is 0 Å². The van der Waals surface area contributed by atoms with E-state index < -0.39 is 0 Å². The van der Waals surface area contributed by atoms with E-state index in [1.807, 2.05) is 35.1 Å². The molecule has 0 unspecified atom stereocenters. The standard InChI is InChI=1S/C16H18ClN5/c1-3-11(2)21-15-14-8-20-22(16(14)19-10-18-15)9-12-4-6-13(17)7-5-12/h4-8,10-11H,3,9H2,1-2H3,(H,18,19,21)/t11-/m1/s1. The number of hydrogen-bond acceptors (Lipinski definition) is 4. The molecule has 0 radical (unpaired) electrons. The number of benzene rings is 1. The van der Waals surface area contributed by atoms with Crippen LogP contribution < -0.4 is 5.32 Å². The lowest BCUT2D eigenvalue weighted by atomic mass is 10.2. The van der Waals surface area contributed by atoms with Gasteiger partial charge in [0, 0.05) is 11.1 Å². The second kappa shape index (κ2) is 6.32. The van der Waals surface area contributed by atoms with Gasteiger partial charge in [0.05, 0.1) is 18.1 Å². The van der Waals surface area contributed by atoms with Crippen LogP contribution in [-0.4, -0.2) is 25.8 Å². The van der Waals surface area contributed by atoms with Crippen molar-refractivity contribution in [3.05, 3.63) is 47.4 Å². The summed E-state index contributed by atoms with van der Waals surface area (Å²) in [5.41, 5.74) is 1.96. The van der Waals surface area contributed by atoms with Gasteiger partial charge in [0.2, 0.25) is 0 Å². The second-order valence-corrected chi connectivity index (χ2v) is 5.78. The highest BCUT2D eigenvalue weighted by Gasteiger charge is 2.11. The minimum Gasteiger partial charge on any atom is -0.367 e. The number of rotatable bonds is 5. The summed E-state index contributed by atoms with van der Waals surface area (Å²) in [7, 11) is 0. The van der Waals surface area contributed by atoms with E-state index in [1.165, 1.54) is 0 Å². The SMILES string of the molecule is CC[C@@H](C)Nc1ncnc2c1cnn2Cc1ccc(Cl)cc1. The summed E-state index contributed by atoms with van der Waals surface area (Å²) >= 11 is 5.92. The van der Waals surface area contributed by atoms with E-state index in [4.69, 9.17) is 11.6 Å². The van der Waals surface area contributed by atoms with E-state index in [-0.39, 0.29) is 0 Å². The Morgan fingerprint density at radius 3 is 2.73 bits per heavy atom. The Morgan fingerprint density at radius 1 is 1.23 bits per heavy atom. The molecule has 0 spiro atoms. The van der Waals surface area contributed by atoms with Gasteiger partial charge in [0.25, 0.3) is 0 Å². The lowest BCUT2D eigenvalue weighted by Gasteiger charge is -2.12. The third kappa shape index (κ3) is 3.04. The van der Waals surface area contributed by atoms with Crippen LogP contribution in [0.5, 0.6) is 0 Å². The van der Waals surface area contributed by atoms with Crippen molar-refractivity contribution in [3.8, 4) is 0 Å². The minimum absolute atomic E-state index is 0.359. The number of fused-ring (bicyclic) bond motifs is 1. The lowest BCUT2D eigenvalue weighted by molar-refractivity contribution is 0.703. The van der Waals surface area contributed by atoms with Crippen LogP contribution in [0.2, 0.25) is 5.02 Å². The molecule has 0 fully saturated rings. The second-order valence-electron chi connectivity index (χ2n) is 5.34. The van der Waals surface area contributed by atoms with Crippen LogP contribution in [0.25, 0.3) is 11.0 Å². The molecular weight excluding hydrogens is 298 g/mol. The van der Waals surface area contributed by atoms with Crippen LogP contribution in [0.15, 0.2) is 36.8 Å². The lowest BCUT2D eigenvalue weighted by Crippen LogP contribution is -2.14. The zero-order valence-corrected chi connectivity index (χ0v) is 13.4. The van der Waals surface area contributed by atoms with E-state index in [2.05, 4.69) is 34.2 Å². The molecule has 0 bridgehead atoms. The van der Waals surface area contributed by atoms with E-state index in [0.717, 1.165) is 33.9 Å². The fraction of sp³-hybridized carbons (Fsp3) is 0.312. The Hall–Kier alpha value is -2.14. The highest BCUT2D eigenvalue weighted by atomic mass is 35.5. The van der Waals surface area contributed by atoms with Crippen LogP contribution in [0, 0.1) is 0 Å². The smallest absolute Gasteiger partial charge is 0.163 e. The molecule has 1 N–H and O–H groups in total. The van der Waals surface area contributed by atoms with Crippen LogP contribution in [0.4, 0.5) is 5.82 Å². The molecule has 0 saturated heterocycles. The fourth-order valence-electron chi connectivity index (χ4n) is 2.22. The summed E-state index contributed by atoms with van der Waals surface area (Å²) in [6, 6.07) is 8.11. The van der Waals surface area contributed by atoms with Crippen LogP contribution in [-0.2, 0) is 6.54 Å². The molecule has 3 aromatic rings. The maximum Gasteiger partial charge on any atom is 0.163 e. The summed E-state index contributed by atoms with van der Waals surface area (Å²) in [6.45, 7) is 4.92. The molecule has 0 saturated carbocycles. The van der Waals surface area contributed by atoms with Crippen molar-refractivity contribution in [1.82, 2.24) is 19.7 Å².